The van der Waals surface area contributed by atoms with Gasteiger partial charge in [0.15, 0.2) is 0 Å². The molecule has 10 heteroatoms. The highest BCUT2D eigenvalue weighted by Crippen LogP contribution is 2.36. The summed E-state index contributed by atoms with van der Waals surface area (Å²) in [7, 11) is -8.20. The van der Waals surface area contributed by atoms with Crippen LogP contribution in [0.4, 0.5) is 0 Å². The molecule has 0 aliphatic heterocycles. The van der Waals surface area contributed by atoms with E-state index >= 15 is 0 Å². The lowest BCUT2D eigenvalue weighted by Crippen LogP contribution is -2.21. The van der Waals surface area contributed by atoms with Crippen molar-refractivity contribution in [2.75, 3.05) is 0 Å². The number of aryl methyl sites for hydroxylation is 2. The van der Waals surface area contributed by atoms with Crippen LogP contribution >= 0.6 is 0 Å². The average Bonchev–Trinajstić information content (AvgIpc) is 2.84. The van der Waals surface area contributed by atoms with Crippen molar-refractivity contribution in [1.29, 1.82) is 0 Å². The Labute approximate surface area is 234 Å². The standard InChI is InChI=1S/C13H18O4S.C9H18O.C7H8O3S/c1-9-2-7-13(18(15,16)17)12(8-9)10-3-5-11(14)6-4-10;1-7(2)8-3-5-9(10)6-4-8;1-6-2-4-7(5-3-6)11(8,9)10/h2,7-8,10-11,14H,3-6H2,1H3,(H,15,16,17);7-10H,3-6H2,1-2H3;2-5H,1H3,(H,8,9,10). The predicted molar refractivity (Wildman–Crippen MR) is 152 cm³/mol. The monoisotopic (exact) mass is 584 g/mol. The minimum Gasteiger partial charge on any atom is -0.393 e. The quantitative estimate of drug-likeness (QED) is 0.335. The van der Waals surface area contributed by atoms with Crippen molar-refractivity contribution in [3.8, 4) is 0 Å². The Balaban J connectivity index is 0.000000219. The van der Waals surface area contributed by atoms with Crippen molar-refractivity contribution in [2.45, 2.75) is 107 Å². The molecule has 0 amide bonds. The zero-order chi connectivity index (χ0) is 29.4. The van der Waals surface area contributed by atoms with Crippen molar-refractivity contribution in [1.82, 2.24) is 0 Å². The summed E-state index contributed by atoms with van der Waals surface area (Å²) in [5.41, 5.74) is 2.62. The lowest BCUT2D eigenvalue weighted by molar-refractivity contribution is 0.0963. The molecule has 2 aliphatic rings. The van der Waals surface area contributed by atoms with Gasteiger partial charge in [-0.3, -0.25) is 9.11 Å². The van der Waals surface area contributed by atoms with Gasteiger partial charge in [0.25, 0.3) is 20.2 Å². The molecule has 39 heavy (non-hydrogen) atoms. The summed E-state index contributed by atoms with van der Waals surface area (Å²) in [6.45, 7) is 8.30. The van der Waals surface area contributed by atoms with Crippen molar-refractivity contribution in [3.05, 3.63) is 59.2 Å². The lowest BCUT2D eigenvalue weighted by atomic mass is 9.81. The Hall–Kier alpha value is -1.82. The summed E-state index contributed by atoms with van der Waals surface area (Å²) in [6, 6.07) is 11.0. The van der Waals surface area contributed by atoms with Crippen LogP contribution in [-0.4, -0.2) is 48.4 Å². The van der Waals surface area contributed by atoms with Crippen LogP contribution in [-0.2, 0) is 20.2 Å². The van der Waals surface area contributed by atoms with E-state index in [1.165, 1.54) is 31.0 Å². The molecule has 2 aromatic rings. The smallest absolute Gasteiger partial charge is 0.294 e. The second-order valence-electron chi connectivity index (χ2n) is 11.1. The van der Waals surface area contributed by atoms with Gasteiger partial charge in [-0.25, -0.2) is 0 Å². The molecule has 2 aromatic carbocycles. The molecule has 4 rings (SSSR count). The minimum absolute atomic E-state index is 0.00879. The fraction of sp³-hybridized carbons (Fsp3) is 0.586. The number of aliphatic hydroxyl groups is 2. The number of aliphatic hydroxyl groups excluding tert-OH is 2. The van der Waals surface area contributed by atoms with E-state index in [9.17, 15) is 31.6 Å². The summed E-state index contributed by atoms with van der Waals surface area (Å²) in [5.74, 6) is 1.79. The SMILES string of the molecule is CC(C)C1CCC(O)CC1.Cc1ccc(S(=O)(=O)O)c(C2CCC(O)CC2)c1.Cc1ccc(S(=O)(=O)O)cc1. The largest absolute Gasteiger partial charge is 0.393 e. The highest BCUT2D eigenvalue weighted by Gasteiger charge is 2.26. The first-order valence-electron chi connectivity index (χ1n) is 13.6. The van der Waals surface area contributed by atoms with Gasteiger partial charge in [-0.05, 0) is 107 Å². The first-order valence-corrected chi connectivity index (χ1v) is 16.4. The minimum atomic E-state index is -4.18. The van der Waals surface area contributed by atoms with Gasteiger partial charge in [0.1, 0.15) is 0 Å². The van der Waals surface area contributed by atoms with Gasteiger partial charge in [-0.15, -0.1) is 0 Å². The van der Waals surface area contributed by atoms with Gasteiger partial charge in [-0.2, -0.15) is 16.8 Å². The number of benzene rings is 2. The molecule has 0 unspecified atom stereocenters. The zero-order valence-electron chi connectivity index (χ0n) is 23.3. The van der Waals surface area contributed by atoms with E-state index in [4.69, 9.17) is 4.55 Å². The number of rotatable bonds is 4. The molecule has 0 heterocycles. The summed E-state index contributed by atoms with van der Waals surface area (Å²) in [4.78, 5) is -0.0578. The third kappa shape index (κ3) is 11.3. The summed E-state index contributed by atoms with van der Waals surface area (Å²) >= 11 is 0. The van der Waals surface area contributed by atoms with Gasteiger partial charge >= 0.3 is 0 Å². The Bertz CT molecular complexity index is 1240. The van der Waals surface area contributed by atoms with Gasteiger partial charge in [0.2, 0.25) is 0 Å². The normalized spacial score (nSPS) is 23.7. The van der Waals surface area contributed by atoms with E-state index in [0.29, 0.717) is 18.4 Å². The molecule has 0 aromatic heterocycles. The second-order valence-corrected chi connectivity index (χ2v) is 13.9. The van der Waals surface area contributed by atoms with E-state index < -0.39 is 20.2 Å². The maximum Gasteiger partial charge on any atom is 0.294 e. The Kier molecular flexibility index (Phi) is 12.6. The van der Waals surface area contributed by atoms with Gasteiger partial charge in [0, 0.05) is 0 Å². The second kappa shape index (κ2) is 14.7. The first kappa shape index (κ1) is 33.4. The Morgan fingerprint density at radius 3 is 1.56 bits per heavy atom. The van der Waals surface area contributed by atoms with E-state index in [2.05, 4.69) is 13.8 Å². The third-order valence-electron chi connectivity index (χ3n) is 7.58. The van der Waals surface area contributed by atoms with Gasteiger partial charge < -0.3 is 10.2 Å². The van der Waals surface area contributed by atoms with E-state index in [1.807, 2.05) is 19.9 Å². The molecule has 8 nitrogen and oxygen atoms in total. The average molecular weight is 585 g/mol. The van der Waals surface area contributed by atoms with Crippen molar-refractivity contribution < 1.29 is 36.2 Å². The molecule has 2 saturated carbocycles. The molecule has 0 radical (unpaired) electrons. The summed E-state index contributed by atoms with van der Waals surface area (Å²) in [5, 5.41) is 18.7. The topological polar surface area (TPSA) is 149 Å². The highest BCUT2D eigenvalue weighted by atomic mass is 32.2. The maximum atomic E-state index is 11.4. The van der Waals surface area contributed by atoms with Crippen molar-refractivity contribution in [2.24, 2.45) is 11.8 Å². The third-order valence-corrected chi connectivity index (χ3v) is 9.38. The predicted octanol–water partition coefficient (Wildman–Crippen LogP) is 5.70. The van der Waals surface area contributed by atoms with Crippen LogP contribution in [0, 0.1) is 25.7 Å². The van der Waals surface area contributed by atoms with Crippen LogP contribution < -0.4 is 0 Å². The molecule has 0 saturated heterocycles. The van der Waals surface area contributed by atoms with Crippen LogP contribution in [0.5, 0.6) is 0 Å². The zero-order valence-corrected chi connectivity index (χ0v) is 25.0. The molecule has 2 aliphatic carbocycles. The molecule has 4 N–H and O–H groups in total. The molecule has 0 spiro atoms. The number of hydrogen-bond donors (Lipinski definition) is 4. The summed E-state index contributed by atoms with van der Waals surface area (Å²) < 4.78 is 61.6. The lowest BCUT2D eigenvalue weighted by Gasteiger charge is -2.27. The van der Waals surface area contributed by atoms with Crippen LogP contribution in [0.15, 0.2) is 52.3 Å². The molecule has 220 valence electrons. The van der Waals surface area contributed by atoms with Gasteiger partial charge in [-0.1, -0.05) is 49.2 Å². The number of hydrogen-bond acceptors (Lipinski definition) is 6. The van der Waals surface area contributed by atoms with Crippen molar-refractivity contribution in [3.63, 3.8) is 0 Å². The van der Waals surface area contributed by atoms with E-state index in [-0.39, 0.29) is 27.9 Å². The fourth-order valence-electron chi connectivity index (χ4n) is 5.09. The van der Waals surface area contributed by atoms with Crippen LogP contribution in [0.2, 0.25) is 0 Å². The molecule has 0 atom stereocenters. The van der Waals surface area contributed by atoms with E-state index in [0.717, 1.165) is 48.6 Å². The fourth-order valence-corrected chi connectivity index (χ4v) is 6.33. The highest BCUT2D eigenvalue weighted by molar-refractivity contribution is 7.86. The molecule has 0 bridgehead atoms. The maximum absolute atomic E-state index is 11.4. The van der Waals surface area contributed by atoms with E-state index in [1.54, 1.807) is 18.2 Å². The van der Waals surface area contributed by atoms with Crippen LogP contribution in [0.1, 0.15) is 87.8 Å². The first-order chi connectivity index (χ1) is 18.1. The Morgan fingerprint density at radius 2 is 1.13 bits per heavy atom. The Morgan fingerprint density at radius 1 is 0.667 bits per heavy atom. The molecular weight excluding hydrogens is 540 g/mol. The van der Waals surface area contributed by atoms with Crippen molar-refractivity contribution >= 4 is 20.2 Å². The molecule has 2 fully saturated rings. The molecular formula is C29H44O8S2. The summed E-state index contributed by atoms with van der Waals surface area (Å²) in [6.07, 6.45) is 7.15. The van der Waals surface area contributed by atoms with Crippen LogP contribution in [0.25, 0.3) is 0 Å². The van der Waals surface area contributed by atoms with Gasteiger partial charge in [0.05, 0.1) is 22.0 Å². The van der Waals surface area contributed by atoms with Crippen LogP contribution in [0.3, 0.4) is 0 Å².